The second-order valence-corrected chi connectivity index (χ2v) is 9.55. The van der Waals surface area contributed by atoms with E-state index in [9.17, 15) is 14.9 Å². The summed E-state index contributed by atoms with van der Waals surface area (Å²) in [6.07, 6.45) is 0. The van der Waals surface area contributed by atoms with E-state index in [1.165, 1.54) is 11.8 Å². The van der Waals surface area contributed by atoms with Crippen molar-refractivity contribution in [2.24, 2.45) is 0 Å². The van der Waals surface area contributed by atoms with Gasteiger partial charge in [-0.25, -0.2) is 0 Å². The molecule has 0 saturated carbocycles. The minimum atomic E-state index is -0.605. The fourth-order valence-electron chi connectivity index (χ4n) is 4.23. The van der Waals surface area contributed by atoms with E-state index in [0.29, 0.717) is 39.9 Å². The van der Waals surface area contributed by atoms with Crippen molar-refractivity contribution in [2.75, 3.05) is 18.2 Å². The lowest BCUT2D eigenvalue weighted by Crippen LogP contribution is -2.31. The maximum atomic E-state index is 13.6. The van der Waals surface area contributed by atoms with E-state index < -0.39 is 5.92 Å². The van der Waals surface area contributed by atoms with Crippen molar-refractivity contribution in [2.45, 2.75) is 19.4 Å². The van der Waals surface area contributed by atoms with Gasteiger partial charge in [0.15, 0.2) is 0 Å². The number of carbonyl (C=O) groups excluding carboxylic acids is 2. The Balaban J connectivity index is 1.58. The summed E-state index contributed by atoms with van der Waals surface area (Å²) in [6.45, 7) is 2.23. The van der Waals surface area contributed by atoms with Crippen molar-refractivity contribution in [3.63, 3.8) is 0 Å². The third-order valence-electron chi connectivity index (χ3n) is 6.06. The molecule has 2 amide bonds. The van der Waals surface area contributed by atoms with Crippen LogP contribution in [0.1, 0.15) is 24.0 Å². The number of nitrogens with zero attached hydrogens (tertiary/aromatic N) is 1. The second-order valence-electron chi connectivity index (χ2n) is 8.57. The summed E-state index contributed by atoms with van der Waals surface area (Å²) in [5.74, 6) is -0.438. The number of para-hydroxylation sites is 2. The summed E-state index contributed by atoms with van der Waals surface area (Å²) < 4.78 is 5.38. The molecule has 0 bridgehead atoms. The zero-order valence-electron chi connectivity index (χ0n) is 21.2. The van der Waals surface area contributed by atoms with Crippen LogP contribution in [0.25, 0.3) is 0 Å². The standard InChI is InChI=1S/C30H28N4O3S/c1-20-27(29(36)34-24-15-9-10-16-25(24)37-2)28(22-13-7-4-8-14-22)23(17-31)30(33-20)38-19-26(35)32-18-21-11-5-3-6-12-21/h3-16,28,33H,18-19H2,1-2H3,(H,32,35)(H,34,36)/t28-/m0/s1. The van der Waals surface area contributed by atoms with Crippen molar-refractivity contribution in [3.8, 4) is 11.8 Å². The number of hydrogen-bond donors (Lipinski definition) is 3. The summed E-state index contributed by atoms with van der Waals surface area (Å²) in [5, 5.41) is 19.9. The molecule has 3 aromatic rings. The molecule has 8 heteroatoms. The van der Waals surface area contributed by atoms with Crippen LogP contribution in [0.4, 0.5) is 5.69 Å². The minimum Gasteiger partial charge on any atom is -0.495 e. The fourth-order valence-corrected chi connectivity index (χ4v) is 5.15. The zero-order chi connectivity index (χ0) is 26.9. The van der Waals surface area contributed by atoms with Crippen LogP contribution in [-0.4, -0.2) is 24.7 Å². The van der Waals surface area contributed by atoms with Crippen LogP contribution in [0.15, 0.2) is 107 Å². The predicted molar refractivity (Wildman–Crippen MR) is 150 cm³/mol. The fraction of sp³-hybridized carbons (Fsp3) is 0.167. The van der Waals surface area contributed by atoms with Crippen molar-refractivity contribution in [3.05, 3.63) is 118 Å². The molecule has 0 unspecified atom stereocenters. The molecule has 0 aliphatic carbocycles. The maximum Gasteiger partial charge on any atom is 0.254 e. The van der Waals surface area contributed by atoms with Gasteiger partial charge in [0.1, 0.15) is 5.75 Å². The zero-order valence-corrected chi connectivity index (χ0v) is 22.0. The van der Waals surface area contributed by atoms with E-state index in [-0.39, 0.29) is 17.6 Å². The first kappa shape index (κ1) is 26.6. The number of rotatable bonds is 9. The van der Waals surface area contributed by atoms with Gasteiger partial charge in [0.05, 0.1) is 41.1 Å². The molecule has 38 heavy (non-hydrogen) atoms. The molecular formula is C30H28N4O3S. The van der Waals surface area contributed by atoms with Crippen LogP contribution in [0, 0.1) is 11.3 Å². The number of dihydropyridines is 1. The van der Waals surface area contributed by atoms with Gasteiger partial charge in [0.2, 0.25) is 5.91 Å². The number of allylic oxidation sites excluding steroid dienone is 2. The molecule has 3 aromatic carbocycles. The molecule has 1 heterocycles. The highest BCUT2D eigenvalue weighted by atomic mass is 32.2. The summed E-state index contributed by atoms with van der Waals surface area (Å²) >= 11 is 1.25. The topological polar surface area (TPSA) is 103 Å². The van der Waals surface area contributed by atoms with E-state index in [1.807, 2.05) is 72.8 Å². The van der Waals surface area contributed by atoms with E-state index in [0.717, 1.165) is 11.1 Å². The number of thioether (sulfide) groups is 1. The van der Waals surface area contributed by atoms with E-state index in [4.69, 9.17) is 4.74 Å². The monoisotopic (exact) mass is 524 g/mol. The highest BCUT2D eigenvalue weighted by molar-refractivity contribution is 8.03. The predicted octanol–water partition coefficient (Wildman–Crippen LogP) is 5.08. The van der Waals surface area contributed by atoms with E-state index >= 15 is 0 Å². The Morgan fingerprint density at radius 2 is 1.66 bits per heavy atom. The van der Waals surface area contributed by atoms with Crippen LogP contribution in [-0.2, 0) is 16.1 Å². The Kier molecular flexibility index (Phi) is 8.85. The molecule has 1 aliphatic heterocycles. The van der Waals surface area contributed by atoms with Gasteiger partial charge in [-0.1, -0.05) is 84.6 Å². The molecule has 1 atom stereocenters. The molecular weight excluding hydrogens is 496 g/mol. The number of nitriles is 1. The molecule has 0 spiro atoms. The number of ether oxygens (including phenoxy) is 1. The quantitative estimate of drug-likeness (QED) is 0.361. The Labute approximate surface area is 226 Å². The van der Waals surface area contributed by atoms with Crippen LogP contribution in [0.2, 0.25) is 0 Å². The highest BCUT2D eigenvalue weighted by Crippen LogP contribution is 2.41. The molecule has 4 rings (SSSR count). The normalized spacial score (nSPS) is 14.8. The maximum absolute atomic E-state index is 13.6. The first-order chi connectivity index (χ1) is 18.5. The Morgan fingerprint density at radius 3 is 2.34 bits per heavy atom. The van der Waals surface area contributed by atoms with E-state index in [1.54, 1.807) is 26.2 Å². The SMILES string of the molecule is COc1ccccc1NC(=O)C1=C(C)NC(SCC(=O)NCc2ccccc2)=C(C#N)[C@@H]1c1ccccc1. The van der Waals surface area contributed by atoms with Crippen LogP contribution < -0.4 is 20.7 Å². The molecule has 3 N–H and O–H groups in total. The summed E-state index contributed by atoms with van der Waals surface area (Å²) in [4.78, 5) is 26.2. The number of benzene rings is 3. The summed E-state index contributed by atoms with van der Waals surface area (Å²) in [5.41, 5.74) is 3.76. The molecule has 0 radical (unpaired) electrons. The Morgan fingerprint density at radius 1 is 1.00 bits per heavy atom. The molecule has 1 aliphatic rings. The number of carbonyl (C=O) groups is 2. The average Bonchev–Trinajstić information content (AvgIpc) is 2.95. The van der Waals surface area contributed by atoms with Gasteiger partial charge in [-0.05, 0) is 30.2 Å². The lowest BCUT2D eigenvalue weighted by atomic mass is 9.82. The third kappa shape index (κ3) is 6.25. The third-order valence-corrected chi connectivity index (χ3v) is 7.08. The molecule has 0 aromatic heterocycles. The smallest absolute Gasteiger partial charge is 0.254 e. The van der Waals surface area contributed by atoms with Gasteiger partial charge in [-0.2, -0.15) is 5.26 Å². The number of anilines is 1. The van der Waals surface area contributed by atoms with Gasteiger partial charge in [0.25, 0.3) is 5.91 Å². The molecule has 0 saturated heterocycles. The number of hydrogen-bond acceptors (Lipinski definition) is 6. The number of methoxy groups -OCH3 is 1. The van der Waals surface area contributed by atoms with Gasteiger partial charge in [-0.3, -0.25) is 9.59 Å². The largest absolute Gasteiger partial charge is 0.495 e. The average molecular weight is 525 g/mol. The summed E-state index contributed by atoms with van der Waals surface area (Å²) in [6, 6.07) is 28.6. The first-order valence-corrected chi connectivity index (χ1v) is 13.0. The second kappa shape index (κ2) is 12.7. The van der Waals surface area contributed by atoms with Gasteiger partial charge in [0, 0.05) is 17.8 Å². The first-order valence-electron chi connectivity index (χ1n) is 12.1. The number of nitrogens with one attached hydrogen (secondary N) is 3. The van der Waals surface area contributed by atoms with Crippen molar-refractivity contribution >= 4 is 29.3 Å². The van der Waals surface area contributed by atoms with Gasteiger partial charge < -0.3 is 20.7 Å². The van der Waals surface area contributed by atoms with Crippen molar-refractivity contribution < 1.29 is 14.3 Å². The van der Waals surface area contributed by atoms with Gasteiger partial charge >= 0.3 is 0 Å². The lowest BCUT2D eigenvalue weighted by molar-refractivity contribution is -0.118. The number of amides is 2. The minimum absolute atomic E-state index is 0.123. The molecule has 192 valence electrons. The van der Waals surface area contributed by atoms with Crippen LogP contribution in [0.5, 0.6) is 5.75 Å². The van der Waals surface area contributed by atoms with E-state index in [2.05, 4.69) is 22.0 Å². The van der Waals surface area contributed by atoms with Crippen LogP contribution in [0.3, 0.4) is 0 Å². The highest BCUT2D eigenvalue weighted by Gasteiger charge is 2.35. The molecule has 0 fully saturated rings. The van der Waals surface area contributed by atoms with Crippen molar-refractivity contribution in [1.82, 2.24) is 10.6 Å². The van der Waals surface area contributed by atoms with Crippen LogP contribution >= 0.6 is 11.8 Å². The summed E-state index contributed by atoms with van der Waals surface area (Å²) in [7, 11) is 1.54. The Bertz CT molecular complexity index is 1410. The lowest BCUT2D eigenvalue weighted by Gasteiger charge is -2.30. The molecule has 7 nitrogen and oxygen atoms in total. The van der Waals surface area contributed by atoms with Gasteiger partial charge in [-0.15, -0.1) is 0 Å². The van der Waals surface area contributed by atoms with Crippen molar-refractivity contribution in [1.29, 1.82) is 5.26 Å². The Hall–Kier alpha value is -4.48.